The number of hydrogen-bond acceptors (Lipinski definition) is 6. The second-order valence-electron chi connectivity index (χ2n) is 6.54. The van der Waals surface area contributed by atoms with Crippen LogP contribution in [0.3, 0.4) is 0 Å². The van der Waals surface area contributed by atoms with E-state index in [1.807, 2.05) is 0 Å². The maximum atomic E-state index is 14.5. The fraction of sp³-hybridized carbons (Fsp3) is 0.222. The van der Waals surface area contributed by atoms with E-state index in [1.54, 1.807) is 18.2 Å². The van der Waals surface area contributed by atoms with Crippen LogP contribution in [0.1, 0.15) is 23.3 Å². The van der Waals surface area contributed by atoms with Gasteiger partial charge in [0.05, 0.1) is 23.5 Å². The van der Waals surface area contributed by atoms with E-state index in [0.717, 1.165) is 0 Å². The molecule has 1 fully saturated rings. The van der Waals surface area contributed by atoms with Crippen molar-refractivity contribution in [1.29, 1.82) is 0 Å². The van der Waals surface area contributed by atoms with Gasteiger partial charge in [0.25, 0.3) is 5.92 Å². The lowest BCUT2D eigenvalue weighted by Gasteiger charge is -2.04. The molecule has 2 atom stereocenters. The van der Waals surface area contributed by atoms with Crippen LogP contribution in [0.2, 0.25) is 5.02 Å². The molecule has 1 aliphatic rings. The van der Waals surface area contributed by atoms with Gasteiger partial charge in [-0.15, -0.1) is 0 Å². The van der Waals surface area contributed by atoms with E-state index in [2.05, 4.69) is 10.1 Å². The Morgan fingerprint density at radius 2 is 1.86 bits per heavy atom. The molecular weight excluding hydrogens is 428 g/mol. The van der Waals surface area contributed by atoms with Crippen molar-refractivity contribution in [3.8, 4) is 17.1 Å². The molecule has 2 N–H and O–H groups in total. The van der Waals surface area contributed by atoms with Crippen molar-refractivity contribution >= 4 is 21.6 Å². The number of methoxy groups -OCH3 is 1. The first kappa shape index (κ1) is 19.7. The third-order valence-corrected chi connectivity index (χ3v) is 5.90. The fourth-order valence-corrected chi connectivity index (χ4v) is 3.93. The Morgan fingerprint density at radius 1 is 1.17 bits per heavy atom. The number of rotatable bonds is 5. The van der Waals surface area contributed by atoms with Gasteiger partial charge in [-0.1, -0.05) is 28.9 Å². The maximum absolute atomic E-state index is 14.5. The molecule has 0 amide bonds. The second-order valence-corrected chi connectivity index (χ2v) is 8.54. The smallest absolute Gasteiger partial charge is 0.268 e. The summed E-state index contributed by atoms with van der Waals surface area (Å²) in [4.78, 5) is 3.95. The first-order valence-electron chi connectivity index (χ1n) is 8.31. The van der Waals surface area contributed by atoms with Crippen molar-refractivity contribution < 1.29 is 26.5 Å². The average Bonchev–Trinajstić information content (AvgIpc) is 3.01. The summed E-state index contributed by atoms with van der Waals surface area (Å²) in [6, 6.07) is 9.74. The minimum Gasteiger partial charge on any atom is -0.496 e. The highest BCUT2D eigenvalue weighted by Gasteiger charge is 2.72. The standard InChI is InChI=1S/C18H14ClF2N3O4S/c1-27-13-7-4-10(19)8-12(13)16-23-17(28-24-16)15-14(18(15,20)21)9-2-5-11(6-3-9)29(22,25)26/h2-8,14-15H,1H3,(H2,22,25,26)/t14-,15+/m0/s1. The van der Waals surface area contributed by atoms with Gasteiger partial charge in [-0.2, -0.15) is 4.98 Å². The van der Waals surface area contributed by atoms with Crippen molar-refractivity contribution in [2.24, 2.45) is 5.14 Å². The molecule has 3 aromatic rings. The Hall–Kier alpha value is -2.56. The second kappa shape index (κ2) is 6.75. The lowest BCUT2D eigenvalue weighted by molar-refractivity contribution is 0.0999. The van der Waals surface area contributed by atoms with E-state index >= 15 is 0 Å². The van der Waals surface area contributed by atoms with Gasteiger partial charge in [-0.25, -0.2) is 22.3 Å². The van der Waals surface area contributed by atoms with Crippen LogP contribution in [-0.2, 0) is 10.0 Å². The van der Waals surface area contributed by atoms with Gasteiger partial charge in [-0.05, 0) is 35.9 Å². The first-order chi connectivity index (χ1) is 13.6. The van der Waals surface area contributed by atoms with Crippen molar-refractivity contribution in [1.82, 2.24) is 10.1 Å². The van der Waals surface area contributed by atoms with Crippen LogP contribution < -0.4 is 9.88 Å². The molecule has 29 heavy (non-hydrogen) atoms. The number of primary sulfonamides is 1. The molecule has 0 spiro atoms. The normalized spacial score (nSPS) is 20.4. The van der Waals surface area contributed by atoms with Gasteiger partial charge in [-0.3, -0.25) is 0 Å². The van der Waals surface area contributed by atoms with E-state index in [9.17, 15) is 17.2 Å². The van der Waals surface area contributed by atoms with Crippen LogP contribution in [0.4, 0.5) is 8.78 Å². The van der Waals surface area contributed by atoms with E-state index in [4.69, 9.17) is 26.0 Å². The van der Waals surface area contributed by atoms with Crippen molar-refractivity contribution in [3.05, 3.63) is 58.9 Å². The van der Waals surface area contributed by atoms with E-state index in [-0.39, 0.29) is 22.2 Å². The maximum Gasteiger partial charge on any atom is 0.268 e. The number of alkyl halides is 2. The Labute approximate surface area is 169 Å². The molecule has 1 heterocycles. The summed E-state index contributed by atoms with van der Waals surface area (Å²) in [5, 5.41) is 9.22. The highest BCUT2D eigenvalue weighted by atomic mass is 35.5. The summed E-state index contributed by atoms with van der Waals surface area (Å²) in [6.45, 7) is 0. The Kier molecular flexibility index (Phi) is 4.60. The zero-order chi connectivity index (χ0) is 21.0. The van der Waals surface area contributed by atoms with E-state index in [0.29, 0.717) is 16.3 Å². The largest absolute Gasteiger partial charge is 0.496 e. The fourth-order valence-electron chi connectivity index (χ4n) is 3.24. The molecule has 7 nitrogen and oxygen atoms in total. The van der Waals surface area contributed by atoms with Crippen LogP contribution in [0.25, 0.3) is 11.4 Å². The highest BCUT2D eigenvalue weighted by Crippen LogP contribution is 2.66. The van der Waals surface area contributed by atoms with Crippen LogP contribution in [0, 0.1) is 0 Å². The molecule has 0 unspecified atom stereocenters. The molecule has 1 saturated carbocycles. The molecule has 0 radical (unpaired) electrons. The lowest BCUT2D eigenvalue weighted by Crippen LogP contribution is -2.11. The van der Waals surface area contributed by atoms with Gasteiger partial charge in [0.1, 0.15) is 11.7 Å². The van der Waals surface area contributed by atoms with Crippen LogP contribution in [0.15, 0.2) is 51.9 Å². The van der Waals surface area contributed by atoms with E-state index < -0.39 is 27.8 Å². The topological polar surface area (TPSA) is 108 Å². The molecule has 4 rings (SSSR count). The molecule has 1 aromatic heterocycles. The van der Waals surface area contributed by atoms with Crippen LogP contribution >= 0.6 is 11.6 Å². The van der Waals surface area contributed by atoms with Gasteiger partial charge < -0.3 is 9.26 Å². The highest BCUT2D eigenvalue weighted by molar-refractivity contribution is 7.89. The summed E-state index contributed by atoms with van der Waals surface area (Å²) in [5.74, 6) is -5.40. The quantitative estimate of drug-likeness (QED) is 0.648. The number of halogens is 3. The zero-order valence-electron chi connectivity index (χ0n) is 14.8. The third-order valence-electron chi connectivity index (χ3n) is 4.73. The molecule has 0 saturated heterocycles. The Morgan fingerprint density at radius 3 is 2.48 bits per heavy atom. The monoisotopic (exact) mass is 441 g/mol. The number of aromatic nitrogens is 2. The first-order valence-corrected chi connectivity index (χ1v) is 10.2. The van der Waals surface area contributed by atoms with Crippen molar-refractivity contribution in [2.45, 2.75) is 22.7 Å². The Bertz CT molecular complexity index is 1180. The molecule has 0 bridgehead atoms. The summed E-state index contributed by atoms with van der Waals surface area (Å²) in [6.07, 6.45) is 0. The number of nitrogens with zero attached hydrogens (tertiary/aromatic N) is 2. The molecule has 152 valence electrons. The van der Waals surface area contributed by atoms with E-state index in [1.165, 1.54) is 31.4 Å². The predicted octanol–water partition coefficient (Wildman–Crippen LogP) is 3.56. The van der Waals surface area contributed by atoms with Gasteiger partial charge in [0, 0.05) is 5.02 Å². The summed E-state index contributed by atoms with van der Waals surface area (Å²) in [7, 11) is -2.46. The summed E-state index contributed by atoms with van der Waals surface area (Å²) < 4.78 is 61.9. The number of sulfonamides is 1. The molecule has 11 heteroatoms. The Balaban J connectivity index is 1.64. The van der Waals surface area contributed by atoms with Crippen LogP contribution in [-0.4, -0.2) is 31.6 Å². The average molecular weight is 442 g/mol. The van der Waals surface area contributed by atoms with Gasteiger partial charge in [0.15, 0.2) is 0 Å². The van der Waals surface area contributed by atoms with Crippen molar-refractivity contribution in [3.63, 3.8) is 0 Å². The molecule has 2 aromatic carbocycles. The number of hydrogen-bond donors (Lipinski definition) is 1. The minimum atomic E-state index is -3.91. The summed E-state index contributed by atoms with van der Waals surface area (Å²) in [5.41, 5.74) is 0.653. The number of benzene rings is 2. The molecular formula is C18H14ClF2N3O4S. The number of nitrogens with two attached hydrogens (primary N) is 1. The number of ether oxygens (including phenoxy) is 1. The molecule has 1 aliphatic carbocycles. The van der Waals surface area contributed by atoms with Crippen LogP contribution in [0.5, 0.6) is 5.75 Å². The van der Waals surface area contributed by atoms with Gasteiger partial charge in [0.2, 0.25) is 21.7 Å². The van der Waals surface area contributed by atoms with Gasteiger partial charge >= 0.3 is 0 Å². The third kappa shape index (κ3) is 3.47. The lowest BCUT2D eigenvalue weighted by atomic mass is 10.1. The minimum absolute atomic E-state index is 0.0744. The predicted molar refractivity (Wildman–Crippen MR) is 99.5 cm³/mol. The molecule has 0 aliphatic heterocycles. The zero-order valence-corrected chi connectivity index (χ0v) is 16.4. The SMILES string of the molecule is COc1ccc(Cl)cc1-c1noc([C@H]2[C@H](c3ccc(S(N)(=O)=O)cc3)C2(F)F)n1. The summed E-state index contributed by atoms with van der Waals surface area (Å²) >= 11 is 5.99. The van der Waals surface area contributed by atoms with Crippen molar-refractivity contribution in [2.75, 3.05) is 7.11 Å².